The van der Waals surface area contributed by atoms with E-state index >= 15 is 0 Å². The van der Waals surface area contributed by atoms with Crippen LogP contribution < -0.4 is 9.62 Å². The molecule has 0 unspecified atom stereocenters. The highest BCUT2D eigenvalue weighted by molar-refractivity contribution is 7.92. The van der Waals surface area contributed by atoms with E-state index in [0.29, 0.717) is 22.6 Å². The maximum absolute atomic E-state index is 14.1. The molecule has 0 radical (unpaired) electrons. The number of aromatic nitrogens is 2. The minimum atomic E-state index is -4.02. The number of anilines is 2. The summed E-state index contributed by atoms with van der Waals surface area (Å²) in [7, 11) is -4.02. The topological polar surface area (TPSA) is 78.4 Å². The molecule has 0 bridgehead atoms. The van der Waals surface area contributed by atoms with Crippen LogP contribution in [0, 0.1) is 12.7 Å². The van der Waals surface area contributed by atoms with Crippen molar-refractivity contribution in [1.82, 2.24) is 14.9 Å². The Kier molecular flexibility index (Phi) is 7.04. The normalized spacial score (nSPS) is 15.3. The molecule has 0 spiro atoms. The predicted molar refractivity (Wildman–Crippen MR) is 138 cm³/mol. The van der Waals surface area contributed by atoms with Crippen LogP contribution >= 0.6 is 11.6 Å². The van der Waals surface area contributed by atoms with Gasteiger partial charge >= 0.3 is 0 Å². The van der Waals surface area contributed by atoms with Crippen LogP contribution in [-0.2, 0) is 10.0 Å². The van der Waals surface area contributed by atoms with Crippen LogP contribution in [0.3, 0.4) is 0 Å². The average molecular weight is 518 g/mol. The minimum absolute atomic E-state index is 0.0686. The molecule has 0 amide bonds. The van der Waals surface area contributed by atoms with Gasteiger partial charge in [-0.05, 0) is 63.6 Å². The number of piperazine rings is 1. The summed E-state index contributed by atoms with van der Waals surface area (Å²) < 4.78 is 42.8. The summed E-state index contributed by atoms with van der Waals surface area (Å²) in [5.41, 5.74) is 1.25. The number of pyridine rings is 2. The second kappa shape index (κ2) is 9.72. The highest BCUT2D eigenvalue weighted by Gasteiger charge is 2.27. The molecule has 0 saturated carbocycles. The Morgan fingerprint density at radius 1 is 0.971 bits per heavy atom. The molecule has 35 heavy (non-hydrogen) atoms. The molecule has 186 valence electrons. The summed E-state index contributed by atoms with van der Waals surface area (Å²) in [5, 5.41) is 0.185. The van der Waals surface area contributed by atoms with Gasteiger partial charge in [-0.1, -0.05) is 29.8 Å². The van der Waals surface area contributed by atoms with Crippen LogP contribution in [0.4, 0.5) is 16.0 Å². The number of sulfonamides is 1. The lowest BCUT2D eigenvalue weighted by Gasteiger charge is -2.42. The molecule has 1 fully saturated rings. The van der Waals surface area contributed by atoms with E-state index < -0.39 is 15.8 Å². The largest absolute Gasteiger partial charge is 0.354 e. The van der Waals surface area contributed by atoms with Gasteiger partial charge in [0.15, 0.2) is 5.03 Å². The summed E-state index contributed by atoms with van der Waals surface area (Å²) in [6.45, 7) is 11.4. The van der Waals surface area contributed by atoms with Crippen molar-refractivity contribution < 1.29 is 12.8 Å². The Bertz CT molecular complexity index is 1340. The Morgan fingerprint density at radius 3 is 2.34 bits per heavy atom. The molecule has 7 nitrogen and oxygen atoms in total. The van der Waals surface area contributed by atoms with Crippen molar-refractivity contribution in [2.75, 3.05) is 35.8 Å². The fourth-order valence-corrected chi connectivity index (χ4v) is 5.25. The average Bonchev–Trinajstić information content (AvgIpc) is 2.82. The fraction of sp³-hybridized carbons (Fsp3) is 0.360. The van der Waals surface area contributed by atoms with E-state index in [0.717, 1.165) is 26.2 Å². The Balaban J connectivity index is 1.56. The van der Waals surface area contributed by atoms with Crippen molar-refractivity contribution >= 4 is 33.3 Å². The van der Waals surface area contributed by atoms with Crippen LogP contribution in [0.5, 0.6) is 0 Å². The maximum atomic E-state index is 14.1. The minimum Gasteiger partial charge on any atom is -0.354 e. The molecule has 1 aliphatic rings. The molecule has 1 N–H and O–H groups in total. The van der Waals surface area contributed by atoms with Gasteiger partial charge in [-0.15, -0.1) is 0 Å². The van der Waals surface area contributed by atoms with Gasteiger partial charge in [0.25, 0.3) is 10.0 Å². The number of nitrogens with one attached hydrogen (secondary N) is 1. The summed E-state index contributed by atoms with van der Waals surface area (Å²) in [4.78, 5) is 13.3. The van der Waals surface area contributed by atoms with Gasteiger partial charge in [0.1, 0.15) is 17.5 Å². The summed E-state index contributed by atoms with van der Waals surface area (Å²) in [6, 6.07) is 12.5. The second-order valence-electron chi connectivity index (χ2n) is 9.52. The van der Waals surface area contributed by atoms with Crippen molar-refractivity contribution in [1.29, 1.82) is 0 Å². The summed E-state index contributed by atoms with van der Waals surface area (Å²) >= 11 is 6.30. The van der Waals surface area contributed by atoms with Gasteiger partial charge in [-0.25, -0.2) is 14.4 Å². The Hall–Kier alpha value is -2.75. The van der Waals surface area contributed by atoms with Gasteiger partial charge in [0.2, 0.25) is 0 Å². The van der Waals surface area contributed by atoms with Crippen LogP contribution in [0.25, 0.3) is 11.3 Å². The molecule has 1 saturated heterocycles. The van der Waals surface area contributed by atoms with E-state index in [1.165, 1.54) is 24.3 Å². The molecule has 4 rings (SSSR count). The van der Waals surface area contributed by atoms with Crippen molar-refractivity contribution in [3.63, 3.8) is 0 Å². The second-order valence-corrected chi connectivity index (χ2v) is 11.6. The molecule has 10 heteroatoms. The molecule has 3 aromatic rings. The van der Waals surface area contributed by atoms with Gasteiger partial charge in [-0.2, -0.15) is 8.42 Å². The quantitative estimate of drug-likeness (QED) is 0.515. The molecular weight excluding hydrogens is 489 g/mol. The fourth-order valence-electron chi connectivity index (χ4n) is 4.08. The van der Waals surface area contributed by atoms with E-state index in [4.69, 9.17) is 11.6 Å². The lowest BCUT2D eigenvalue weighted by molar-refractivity contribution is 0.128. The number of rotatable bonds is 5. The summed E-state index contributed by atoms with van der Waals surface area (Å²) in [5.74, 6) is 0.288. The van der Waals surface area contributed by atoms with Crippen molar-refractivity contribution in [3.05, 3.63) is 64.9 Å². The van der Waals surface area contributed by atoms with Crippen LogP contribution in [0.1, 0.15) is 26.3 Å². The predicted octanol–water partition coefficient (Wildman–Crippen LogP) is 4.97. The van der Waals surface area contributed by atoms with E-state index in [1.54, 1.807) is 25.1 Å². The molecule has 0 atom stereocenters. The molecular formula is C25H29ClFN5O2S. The van der Waals surface area contributed by atoms with E-state index in [9.17, 15) is 12.8 Å². The first-order valence-corrected chi connectivity index (χ1v) is 13.2. The van der Waals surface area contributed by atoms with Crippen molar-refractivity contribution in [2.24, 2.45) is 0 Å². The van der Waals surface area contributed by atoms with Gasteiger partial charge in [0, 0.05) is 37.3 Å². The molecule has 1 aromatic carbocycles. The number of halogens is 2. The van der Waals surface area contributed by atoms with Gasteiger partial charge in [-0.3, -0.25) is 9.62 Å². The van der Waals surface area contributed by atoms with Crippen molar-refractivity contribution in [2.45, 2.75) is 38.3 Å². The monoisotopic (exact) mass is 517 g/mol. The molecule has 0 aliphatic carbocycles. The van der Waals surface area contributed by atoms with E-state index in [-0.39, 0.29) is 21.4 Å². The first-order chi connectivity index (χ1) is 16.5. The Labute approximate surface area is 211 Å². The van der Waals surface area contributed by atoms with Gasteiger partial charge in [0.05, 0.1) is 10.7 Å². The molecule has 3 heterocycles. The summed E-state index contributed by atoms with van der Waals surface area (Å²) in [6.07, 6.45) is 0. The lowest BCUT2D eigenvalue weighted by Crippen LogP contribution is -2.53. The third-order valence-corrected chi connectivity index (χ3v) is 7.71. The van der Waals surface area contributed by atoms with Crippen LogP contribution in [0.15, 0.2) is 53.6 Å². The highest BCUT2D eigenvalue weighted by atomic mass is 35.5. The number of hydrogen-bond donors (Lipinski definition) is 1. The molecule has 2 aromatic heterocycles. The molecule has 1 aliphatic heterocycles. The van der Waals surface area contributed by atoms with Crippen LogP contribution in [-0.4, -0.2) is 55.0 Å². The number of nitrogens with zero attached hydrogens (tertiary/aromatic N) is 4. The van der Waals surface area contributed by atoms with Gasteiger partial charge < -0.3 is 4.90 Å². The van der Waals surface area contributed by atoms with E-state index in [2.05, 4.69) is 45.3 Å². The zero-order chi connectivity index (χ0) is 25.4. The number of hydrogen-bond acceptors (Lipinski definition) is 6. The highest BCUT2D eigenvalue weighted by Crippen LogP contribution is 2.31. The van der Waals surface area contributed by atoms with E-state index in [1.807, 2.05) is 6.07 Å². The Morgan fingerprint density at radius 2 is 1.66 bits per heavy atom. The zero-order valence-electron chi connectivity index (χ0n) is 20.2. The number of benzene rings is 1. The standard InChI is InChI=1S/C25H29ClFN5O2S/c1-17-18(7-5-8-20(17)27)24-19(26)11-12-21(28-24)30-35(33,34)23-10-6-9-22(29-23)31-13-15-32(16-14-31)25(2,3)4/h5-12H,13-16H2,1-4H3,(H,28,30). The third-order valence-electron chi connectivity index (χ3n) is 6.14. The lowest BCUT2D eigenvalue weighted by atomic mass is 10.0. The van der Waals surface area contributed by atoms with Crippen LogP contribution in [0.2, 0.25) is 5.02 Å². The SMILES string of the molecule is Cc1c(F)cccc1-c1nc(NS(=O)(=O)c2cccc(N3CCN(C(C)(C)C)CC3)n2)ccc1Cl. The zero-order valence-corrected chi connectivity index (χ0v) is 21.8. The first-order valence-electron chi connectivity index (χ1n) is 11.4. The smallest absolute Gasteiger partial charge is 0.280 e. The maximum Gasteiger partial charge on any atom is 0.280 e. The first kappa shape index (κ1) is 25.3. The van der Waals surface area contributed by atoms with Crippen molar-refractivity contribution in [3.8, 4) is 11.3 Å². The third kappa shape index (κ3) is 5.58.